The Morgan fingerprint density at radius 1 is 1.41 bits per heavy atom. The molecule has 1 rings (SSSR count). The van der Waals surface area contributed by atoms with E-state index in [-0.39, 0.29) is 11.6 Å². The van der Waals surface area contributed by atoms with Crippen molar-refractivity contribution in [3.8, 4) is 0 Å². The maximum absolute atomic E-state index is 10.8. The highest BCUT2D eigenvalue weighted by atomic mass is 127. The SMILES string of the molecule is CN(I)/N=C\C(SCc1ccc(CCCO)cc1)=C(\Cl)C=O. The number of hydrogen-bond acceptors (Lipinski definition) is 5. The van der Waals surface area contributed by atoms with Crippen molar-refractivity contribution in [1.29, 1.82) is 0 Å². The summed E-state index contributed by atoms with van der Waals surface area (Å²) in [5, 5.41) is 13.1. The van der Waals surface area contributed by atoms with Crippen molar-refractivity contribution >= 4 is 58.7 Å². The number of benzene rings is 1. The third kappa shape index (κ3) is 7.62. The summed E-state index contributed by atoms with van der Waals surface area (Å²) in [5.41, 5.74) is 2.35. The number of hydrogen-bond donors (Lipinski definition) is 1. The second kappa shape index (κ2) is 11.0. The maximum Gasteiger partial charge on any atom is 0.162 e. The third-order valence-electron chi connectivity index (χ3n) is 2.71. The fourth-order valence-electron chi connectivity index (χ4n) is 1.60. The van der Waals surface area contributed by atoms with Crippen LogP contribution in [0.25, 0.3) is 0 Å². The van der Waals surface area contributed by atoms with Crippen LogP contribution in [0.2, 0.25) is 0 Å². The van der Waals surface area contributed by atoms with Crippen molar-refractivity contribution in [2.75, 3.05) is 13.7 Å². The molecule has 0 unspecified atom stereocenters. The molecule has 0 saturated heterocycles. The Hall–Kier alpha value is -0.570. The highest BCUT2D eigenvalue weighted by molar-refractivity contribution is 14.1. The summed E-state index contributed by atoms with van der Waals surface area (Å²) in [6, 6.07) is 8.22. The second-order valence-corrected chi connectivity index (χ2v) is 7.27. The Bertz CT molecular complexity index is 533. The average Bonchev–Trinajstić information content (AvgIpc) is 2.53. The molecule has 0 aliphatic rings. The molecule has 1 aromatic rings. The van der Waals surface area contributed by atoms with Gasteiger partial charge in [0.1, 0.15) is 0 Å². The zero-order valence-corrected chi connectivity index (χ0v) is 15.9. The van der Waals surface area contributed by atoms with Gasteiger partial charge in [-0.15, -0.1) is 11.8 Å². The molecule has 0 atom stereocenters. The minimum atomic E-state index is 0.159. The quantitative estimate of drug-likeness (QED) is 0.155. The molecule has 22 heavy (non-hydrogen) atoms. The molecule has 1 N–H and O–H groups in total. The van der Waals surface area contributed by atoms with Gasteiger partial charge in [-0.2, -0.15) is 5.10 Å². The number of halogens is 2. The van der Waals surface area contributed by atoms with E-state index in [1.54, 1.807) is 16.5 Å². The number of hydrazone groups is 1. The van der Waals surface area contributed by atoms with Gasteiger partial charge in [0.2, 0.25) is 0 Å². The van der Waals surface area contributed by atoms with Crippen LogP contribution < -0.4 is 0 Å². The predicted molar refractivity (Wildman–Crippen MR) is 102 cm³/mol. The highest BCUT2D eigenvalue weighted by Gasteiger charge is 2.04. The van der Waals surface area contributed by atoms with Crippen LogP contribution >= 0.6 is 46.2 Å². The van der Waals surface area contributed by atoms with Crippen LogP contribution in [-0.4, -0.2) is 34.5 Å². The van der Waals surface area contributed by atoms with Crippen LogP contribution in [0.3, 0.4) is 0 Å². The largest absolute Gasteiger partial charge is 0.396 e. The molecule has 4 nitrogen and oxygen atoms in total. The zero-order valence-electron chi connectivity index (χ0n) is 12.2. The van der Waals surface area contributed by atoms with E-state index in [1.807, 2.05) is 35.0 Å². The molecule has 0 amide bonds. The topological polar surface area (TPSA) is 52.9 Å². The van der Waals surface area contributed by atoms with Gasteiger partial charge in [-0.1, -0.05) is 35.9 Å². The summed E-state index contributed by atoms with van der Waals surface area (Å²) < 4.78 is 1.61. The standard InChI is InChI=1S/C15H18ClIN2O2S/c1-19(17)18-9-15(14(16)10-21)22-11-13-6-4-12(5-7-13)3-2-8-20/h4-7,9-10,20H,2-3,8,11H2,1H3/b15-14-,18-9-. The molecule has 0 fully saturated rings. The number of aliphatic hydroxyl groups is 1. The van der Waals surface area contributed by atoms with Crippen molar-refractivity contribution in [2.45, 2.75) is 18.6 Å². The van der Waals surface area contributed by atoms with Crippen LogP contribution in [0.4, 0.5) is 0 Å². The van der Waals surface area contributed by atoms with Gasteiger partial charge >= 0.3 is 0 Å². The minimum Gasteiger partial charge on any atom is -0.396 e. The number of allylic oxidation sites excluding steroid dienone is 2. The molecular formula is C15H18ClIN2O2S. The van der Waals surface area contributed by atoms with E-state index in [0.717, 1.165) is 18.4 Å². The summed E-state index contributed by atoms with van der Waals surface area (Å²) in [7, 11) is 1.79. The second-order valence-electron chi connectivity index (χ2n) is 4.45. The molecule has 0 bridgehead atoms. The lowest BCUT2D eigenvalue weighted by Gasteiger charge is -2.06. The lowest BCUT2D eigenvalue weighted by atomic mass is 10.1. The molecule has 1 aromatic carbocycles. The van der Waals surface area contributed by atoms with Crippen molar-refractivity contribution in [3.63, 3.8) is 0 Å². The molecule has 0 aliphatic heterocycles. The van der Waals surface area contributed by atoms with Gasteiger partial charge in [-0.3, -0.25) is 4.79 Å². The Kier molecular flexibility index (Phi) is 9.77. The highest BCUT2D eigenvalue weighted by Crippen LogP contribution is 2.24. The van der Waals surface area contributed by atoms with E-state index in [2.05, 4.69) is 17.2 Å². The van der Waals surface area contributed by atoms with Crippen LogP contribution in [-0.2, 0) is 17.0 Å². The Morgan fingerprint density at radius 3 is 2.59 bits per heavy atom. The number of thioether (sulfide) groups is 1. The first-order valence-electron chi connectivity index (χ1n) is 6.66. The molecule has 0 saturated carbocycles. The number of carbonyl (C=O) groups excluding carboxylic acids is 1. The van der Waals surface area contributed by atoms with Crippen LogP contribution in [0.1, 0.15) is 17.5 Å². The van der Waals surface area contributed by atoms with E-state index in [9.17, 15) is 4.79 Å². The predicted octanol–water partition coefficient (Wildman–Crippen LogP) is 3.76. The Balaban J connectivity index is 2.67. The number of aldehydes is 1. The van der Waals surface area contributed by atoms with Gasteiger partial charge in [0, 0.05) is 24.3 Å². The number of carbonyl (C=O) groups is 1. The van der Waals surface area contributed by atoms with Gasteiger partial charge in [0.25, 0.3) is 0 Å². The van der Waals surface area contributed by atoms with Gasteiger partial charge in [-0.25, -0.2) is 3.22 Å². The number of aryl methyl sites for hydroxylation is 1. The molecule has 0 radical (unpaired) electrons. The van der Waals surface area contributed by atoms with E-state index < -0.39 is 0 Å². The van der Waals surface area contributed by atoms with Gasteiger partial charge in [-0.05, 0) is 24.0 Å². The average molecular weight is 453 g/mol. The van der Waals surface area contributed by atoms with E-state index in [0.29, 0.717) is 16.9 Å². The Labute approximate surface area is 154 Å². The monoisotopic (exact) mass is 452 g/mol. The van der Waals surface area contributed by atoms with E-state index >= 15 is 0 Å². The molecule has 7 heteroatoms. The van der Waals surface area contributed by atoms with Crippen molar-refractivity contribution < 1.29 is 9.90 Å². The third-order valence-corrected chi connectivity index (χ3v) is 4.48. The van der Waals surface area contributed by atoms with Crippen molar-refractivity contribution in [3.05, 3.63) is 45.3 Å². The zero-order chi connectivity index (χ0) is 16.4. The summed E-state index contributed by atoms with van der Waals surface area (Å²) in [4.78, 5) is 11.5. The fourth-order valence-corrected chi connectivity index (χ4v) is 2.76. The van der Waals surface area contributed by atoms with Gasteiger partial charge in [0.05, 0.1) is 34.1 Å². The summed E-state index contributed by atoms with van der Waals surface area (Å²) >= 11 is 9.41. The van der Waals surface area contributed by atoms with Crippen LogP contribution in [0.5, 0.6) is 0 Å². The van der Waals surface area contributed by atoms with Crippen LogP contribution in [0, 0.1) is 0 Å². The minimum absolute atomic E-state index is 0.159. The lowest BCUT2D eigenvalue weighted by Crippen LogP contribution is -1.95. The molecule has 0 heterocycles. The van der Waals surface area contributed by atoms with E-state index in [1.165, 1.54) is 17.3 Å². The maximum atomic E-state index is 10.8. The van der Waals surface area contributed by atoms with Crippen molar-refractivity contribution in [1.82, 2.24) is 3.22 Å². The normalized spacial score (nSPS) is 12.4. The summed E-state index contributed by atoms with van der Waals surface area (Å²) in [5.74, 6) is 0.705. The molecule has 0 aliphatic carbocycles. The first-order chi connectivity index (χ1) is 10.6. The molecule has 120 valence electrons. The first-order valence-corrected chi connectivity index (χ1v) is 8.99. The molecular weight excluding hydrogens is 435 g/mol. The smallest absolute Gasteiger partial charge is 0.162 e. The summed E-state index contributed by atoms with van der Waals surface area (Å²) in [6.07, 6.45) is 3.86. The number of rotatable bonds is 9. The van der Waals surface area contributed by atoms with E-state index in [4.69, 9.17) is 16.7 Å². The molecule has 0 aromatic heterocycles. The number of nitrogens with zero attached hydrogens (tertiary/aromatic N) is 2. The van der Waals surface area contributed by atoms with Crippen LogP contribution in [0.15, 0.2) is 39.3 Å². The summed E-state index contributed by atoms with van der Waals surface area (Å²) in [6.45, 7) is 0.209. The molecule has 0 spiro atoms. The van der Waals surface area contributed by atoms with Gasteiger partial charge in [0.15, 0.2) is 6.29 Å². The fraction of sp³-hybridized carbons (Fsp3) is 0.333. The first kappa shape index (κ1) is 19.5. The van der Waals surface area contributed by atoms with Crippen molar-refractivity contribution in [2.24, 2.45) is 5.10 Å². The number of aliphatic hydroxyl groups excluding tert-OH is 1. The lowest BCUT2D eigenvalue weighted by molar-refractivity contribution is -0.104. The van der Waals surface area contributed by atoms with Gasteiger partial charge < -0.3 is 5.11 Å². The Morgan fingerprint density at radius 2 is 2.05 bits per heavy atom.